The summed E-state index contributed by atoms with van der Waals surface area (Å²) in [6, 6.07) is 0.646. The molecule has 0 amide bonds. The third-order valence-corrected chi connectivity index (χ3v) is 10.5. The molecule has 0 aromatic heterocycles. The minimum absolute atomic E-state index is 0.0259. The first-order chi connectivity index (χ1) is 11.9. The van der Waals surface area contributed by atoms with Gasteiger partial charge in [-0.1, -0.05) is 26.8 Å². The lowest BCUT2D eigenvalue weighted by Gasteiger charge is -2.64. The van der Waals surface area contributed by atoms with Crippen molar-refractivity contribution in [1.29, 1.82) is 0 Å². The minimum Gasteiger partial charge on any atom is -0.392 e. The largest absolute Gasteiger partial charge is 0.392 e. The van der Waals surface area contributed by atoms with Crippen LogP contribution in [0.25, 0.3) is 0 Å². The fourth-order valence-electron chi connectivity index (χ4n) is 10.0. The van der Waals surface area contributed by atoms with Crippen molar-refractivity contribution in [2.45, 2.75) is 70.6 Å². The highest BCUT2D eigenvalue weighted by molar-refractivity contribution is 5.38. The van der Waals surface area contributed by atoms with Crippen LogP contribution in [0, 0.1) is 39.9 Å². The molecule has 6 fully saturated rings. The molecule has 10 unspecified atom stereocenters. The molecule has 2 spiro atoms. The van der Waals surface area contributed by atoms with Gasteiger partial charge >= 0.3 is 0 Å². The molecule has 3 heteroatoms. The summed E-state index contributed by atoms with van der Waals surface area (Å²) >= 11 is 0. The van der Waals surface area contributed by atoms with Gasteiger partial charge in [0, 0.05) is 23.9 Å². The van der Waals surface area contributed by atoms with Crippen molar-refractivity contribution in [3.8, 4) is 0 Å². The van der Waals surface area contributed by atoms with E-state index >= 15 is 0 Å². The molecule has 2 N–H and O–H groups in total. The van der Waals surface area contributed by atoms with Crippen LogP contribution >= 0.6 is 0 Å². The lowest BCUT2D eigenvalue weighted by Crippen LogP contribution is -2.63. The van der Waals surface area contributed by atoms with E-state index in [1.807, 2.05) is 0 Å². The maximum Gasteiger partial charge on any atom is 0.0813 e. The minimum atomic E-state index is -0.377. The van der Waals surface area contributed by atoms with E-state index in [4.69, 9.17) is 0 Å². The Morgan fingerprint density at radius 1 is 1.16 bits per heavy atom. The first kappa shape index (κ1) is 15.7. The van der Waals surface area contributed by atoms with Crippen molar-refractivity contribution < 1.29 is 10.2 Å². The molecule has 1 heterocycles. The van der Waals surface area contributed by atoms with Crippen LogP contribution in [0.4, 0.5) is 0 Å². The fourth-order valence-corrected chi connectivity index (χ4v) is 10.0. The van der Waals surface area contributed by atoms with Crippen LogP contribution in [0.5, 0.6) is 0 Å². The van der Waals surface area contributed by atoms with Gasteiger partial charge in [0.05, 0.1) is 12.2 Å². The normalized spacial score (nSPS) is 64.6. The molecule has 138 valence electrons. The van der Waals surface area contributed by atoms with Crippen LogP contribution in [-0.4, -0.2) is 46.5 Å². The Morgan fingerprint density at radius 2 is 1.96 bits per heavy atom. The molecule has 7 bridgehead atoms. The number of rotatable bonds is 1. The zero-order chi connectivity index (χ0) is 17.4. The topological polar surface area (TPSA) is 43.7 Å². The Balaban J connectivity index is 1.58. The van der Waals surface area contributed by atoms with Gasteiger partial charge in [-0.25, -0.2) is 0 Å². The summed E-state index contributed by atoms with van der Waals surface area (Å²) in [6.07, 6.45) is 6.63. The number of fused-ring (bicyclic) bond motifs is 1. The summed E-state index contributed by atoms with van der Waals surface area (Å²) in [4.78, 5) is 2.80. The second kappa shape index (κ2) is 4.36. The molecule has 1 aliphatic heterocycles. The Hall–Kier alpha value is -0.380. The van der Waals surface area contributed by atoms with Gasteiger partial charge in [0.1, 0.15) is 0 Å². The van der Waals surface area contributed by atoms with Crippen molar-refractivity contribution >= 4 is 0 Å². The second-order valence-electron chi connectivity index (χ2n) is 10.8. The maximum atomic E-state index is 11.4. The first-order valence-electron chi connectivity index (χ1n) is 10.7. The van der Waals surface area contributed by atoms with E-state index in [0.29, 0.717) is 28.7 Å². The van der Waals surface area contributed by atoms with E-state index < -0.39 is 0 Å². The fraction of sp³-hybridized carbons (Fsp3) is 0.909. The second-order valence-corrected chi connectivity index (χ2v) is 10.8. The monoisotopic (exact) mass is 343 g/mol. The number of nitrogens with zero attached hydrogens (tertiary/aromatic N) is 1. The van der Waals surface area contributed by atoms with Crippen molar-refractivity contribution in [3.05, 3.63) is 12.2 Å². The molecule has 5 aliphatic carbocycles. The molecular weight excluding hydrogens is 310 g/mol. The summed E-state index contributed by atoms with van der Waals surface area (Å²) in [7, 11) is 0. The number of likely N-dealkylation sites (tertiary alicyclic amines) is 1. The van der Waals surface area contributed by atoms with E-state index in [2.05, 4.69) is 25.3 Å². The van der Waals surface area contributed by atoms with Gasteiger partial charge in [0.2, 0.25) is 0 Å². The number of hydrogen-bond donors (Lipinski definition) is 2. The molecule has 0 aromatic rings. The predicted molar refractivity (Wildman–Crippen MR) is 96.8 cm³/mol. The smallest absolute Gasteiger partial charge is 0.0813 e. The standard InChI is InChI=1S/C22H33NO2/c1-4-23-11-20(3)6-5-7-21-16(20)8-14(18(21)23)22-10-13(12(2)19(22)25)15(24)9-17(21)22/h13-19,24-25H,2,4-11H2,1,3H3. The van der Waals surface area contributed by atoms with E-state index in [1.54, 1.807) is 0 Å². The highest BCUT2D eigenvalue weighted by Gasteiger charge is 2.83. The molecule has 1 saturated heterocycles. The molecule has 6 aliphatic rings. The molecule has 0 aromatic carbocycles. The van der Waals surface area contributed by atoms with E-state index in [9.17, 15) is 10.2 Å². The Kier molecular flexibility index (Phi) is 2.73. The average molecular weight is 344 g/mol. The maximum absolute atomic E-state index is 11.4. The third-order valence-electron chi connectivity index (χ3n) is 10.5. The van der Waals surface area contributed by atoms with Crippen LogP contribution in [-0.2, 0) is 0 Å². The summed E-state index contributed by atoms with van der Waals surface area (Å²) in [6.45, 7) is 11.5. The Bertz CT molecular complexity index is 662. The van der Waals surface area contributed by atoms with Gasteiger partial charge in [-0.2, -0.15) is 0 Å². The summed E-state index contributed by atoms with van der Waals surface area (Å²) < 4.78 is 0. The summed E-state index contributed by atoms with van der Waals surface area (Å²) in [5.41, 5.74) is 1.78. The highest BCUT2D eigenvalue weighted by Crippen LogP contribution is 2.83. The lowest BCUT2D eigenvalue weighted by molar-refractivity contribution is -0.171. The van der Waals surface area contributed by atoms with Crippen LogP contribution in [0.3, 0.4) is 0 Å². The lowest BCUT2D eigenvalue weighted by atomic mass is 9.44. The zero-order valence-corrected chi connectivity index (χ0v) is 15.7. The average Bonchev–Trinajstić information content (AvgIpc) is 3.08. The van der Waals surface area contributed by atoms with Crippen molar-refractivity contribution in [2.24, 2.45) is 39.9 Å². The van der Waals surface area contributed by atoms with E-state index in [0.717, 1.165) is 30.9 Å². The van der Waals surface area contributed by atoms with Crippen LogP contribution < -0.4 is 0 Å². The first-order valence-corrected chi connectivity index (χ1v) is 10.7. The van der Waals surface area contributed by atoms with Gasteiger partial charge in [0.15, 0.2) is 0 Å². The van der Waals surface area contributed by atoms with Crippen LogP contribution in [0.1, 0.15) is 52.4 Å². The van der Waals surface area contributed by atoms with E-state index in [1.165, 1.54) is 32.2 Å². The number of aliphatic hydroxyl groups excluding tert-OH is 2. The van der Waals surface area contributed by atoms with Crippen LogP contribution in [0.2, 0.25) is 0 Å². The van der Waals surface area contributed by atoms with Gasteiger partial charge < -0.3 is 10.2 Å². The number of piperidine rings is 1. The highest BCUT2D eigenvalue weighted by atomic mass is 16.3. The van der Waals surface area contributed by atoms with Gasteiger partial charge in [-0.05, 0) is 72.8 Å². The van der Waals surface area contributed by atoms with Gasteiger partial charge in [-0.15, -0.1) is 0 Å². The van der Waals surface area contributed by atoms with Crippen molar-refractivity contribution in [3.63, 3.8) is 0 Å². The number of aliphatic hydroxyl groups is 2. The SMILES string of the molecule is C=C1C2CC3(C1O)C1CC4C5(C)CCCC4(C1N(CC)C5)C3CC2O. The zero-order valence-electron chi connectivity index (χ0n) is 15.7. The van der Waals surface area contributed by atoms with Gasteiger partial charge in [-0.3, -0.25) is 4.90 Å². The Morgan fingerprint density at radius 3 is 2.72 bits per heavy atom. The molecule has 6 rings (SSSR count). The number of hydrogen-bond acceptors (Lipinski definition) is 3. The molecule has 0 radical (unpaired) electrons. The molecule has 5 saturated carbocycles. The predicted octanol–water partition coefficient (Wildman–Crippen LogP) is 2.82. The van der Waals surface area contributed by atoms with Crippen LogP contribution in [0.15, 0.2) is 12.2 Å². The summed E-state index contributed by atoms with van der Waals surface area (Å²) in [5.74, 6) is 2.08. The molecule has 3 nitrogen and oxygen atoms in total. The Labute approximate surface area is 151 Å². The van der Waals surface area contributed by atoms with Gasteiger partial charge in [0.25, 0.3) is 0 Å². The molecule has 25 heavy (non-hydrogen) atoms. The van der Waals surface area contributed by atoms with Crippen molar-refractivity contribution in [1.82, 2.24) is 4.90 Å². The summed E-state index contributed by atoms with van der Waals surface area (Å²) in [5, 5.41) is 22.3. The third kappa shape index (κ3) is 1.37. The molecule has 10 atom stereocenters. The van der Waals surface area contributed by atoms with Crippen molar-refractivity contribution in [2.75, 3.05) is 13.1 Å². The van der Waals surface area contributed by atoms with E-state index in [-0.39, 0.29) is 23.5 Å². The molecular formula is C22H33NO2. The quantitative estimate of drug-likeness (QED) is 0.720.